The van der Waals surface area contributed by atoms with Crippen LogP contribution < -0.4 is 14.8 Å². The number of hydrogen-bond acceptors (Lipinski definition) is 5. The molecule has 0 unspecified atom stereocenters. The highest BCUT2D eigenvalue weighted by molar-refractivity contribution is 5.82. The van der Waals surface area contributed by atoms with Crippen LogP contribution in [0.4, 0.5) is 4.79 Å². The topological polar surface area (TPSA) is 77.1 Å². The first-order valence-electron chi connectivity index (χ1n) is 7.40. The molecule has 126 valence electrons. The fraction of sp³-hybridized carbons (Fsp3) is 0.500. The van der Waals surface area contributed by atoms with E-state index in [-0.39, 0.29) is 18.4 Å². The molecule has 1 heterocycles. The molecule has 1 aliphatic rings. The number of hydrogen-bond donors (Lipinski definition) is 1. The van der Waals surface area contributed by atoms with Crippen LogP contribution in [0.2, 0.25) is 0 Å². The molecular formula is C16H22N2O5. The highest BCUT2D eigenvalue weighted by Gasteiger charge is 2.29. The molecule has 0 aliphatic carbocycles. The molecule has 1 N–H and O–H groups in total. The second kappa shape index (κ2) is 7.71. The lowest BCUT2D eigenvalue weighted by atomic mass is 9.97. The molecule has 23 heavy (non-hydrogen) atoms. The molecule has 1 fully saturated rings. The van der Waals surface area contributed by atoms with Gasteiger partial charge in [0.2, 0.25) is 5.91 Å². The molecule has 7 nitrogen and oxygen atoms in total. The molecule has 2 rings (SSSR count). The van der Waals surface area contributed by atoms with Crippen LogP contribution in [0.1, 0.15) is 17.9 Å². The molecule has 0 saturated carbocycles. The van der Waals surface area contributed by atoms with Gasteiger partial charge in [-0.1, -0.05) is 0 Å². The Morgan fingerprint density at radius 3 is 2.70 bits per heavy atom. The van der Waals surface area contributed by atoms with Crippen LogP contribution in [-0.4, -0.2) is 57.9 Å². The van der Waals surface area contributed by atoms with Gasteiger partial charge in [-0.25, -0.2) is 4.79 Å². The minimum Gasteiger partial charge on any atom is -0.497 e. The Hall–Kier alpha value is -2.44. The summed E-state index contributed by atoms with van der Waals surface area (Å²) >= 11 is 0. The van der Waals surface area contributed by atoms with Crippen molar-refractivity contribution in [1.29, 1.82) is 0 Å². The number of nitrogens with one attached hydrogen (secondary N) is 1. The molecular weight excluding hydrogens is 300 g/mol. The number of methoxy groups -OCH3 is 3. The number of ether oxygens (including phenoxy) is 3. The van der Waals surface area contributed by atoms with Crippen LogP contribution >= 0.6 is 0 Å². The van der Waals surface area contributed by atoms with E-state index in [1.165, 1.54) is 7.11 Å². The third kappa shape index (κ3) is 4.06. The lowest BCUT2D eigenvalue weighted by Crippen LogP contribution is -2.38. The standard InChI is InChI=1S/C16H22N2O5/c1-21-12-4-5-14(22-2)13(8-12)11-6-7-18(10-11)15(19)9-17-16(20)23-3/h4-5,8,11H,6-7,9-10H2,1-3H3,(H,17,20)/t11-/m0/s1. The fourth-order valence-electron chi connectivity index (χ4n) is 2.73. The minimum absolute atomic E-state index is 0.0609. The number of carbonyl (C=O) groups excluding carboxylic acids is 2. The molecule has 1 atom stereocenters. The zero-order chi connectivity index (χ0) is 16.8. The van der Waals surface area contributed by atoms with Gasteiger partial charge in [-0.15, -0.1) is 0 Å². The lowest BCUT2D eigenvalue weighted by Gasteiger charge is -2.18. The Morgan fingerprint density at radius 1 is 1.26 bits per heavy atom. The Labute approximate surface area is 135 Å². The van der Waals surface area contributed by atoms with E-state index in [0.717, 1.165) is 23.5 Å². The second-order valence-electron chi connectivity index (χ2n) is 5.28. The monoisotopic (exact) mass is 322 g/mol. The van der Waals surface area contributed by atoms with Crippen molar-refractivity contribution >= 4 is 12.0 Å². The molecule has 1 aliphatic heterocycles. The van der Waals surface area contributed by atoms with E-state index in [1.807, 2.05) is 18.2 Å². The van der Waals surface area contributed by atoms with E-state index in [9.17, 15) is 9.59 Å². The van der Waals surface area contributed by atoms with Gasteiger partial charge in [0, 0.05) is 24.6 Å². The first-order chi connectivity index (χ1) is 11.1. The van der Waals surface area contributed by atoms with Crippen molar-refractivity contribution in [2.24, 2.45) is 0 Å². The molecule has 2 amide bonds. The highest BCUT2D eigenvalue weighted by atomic mass is 16.5. The molecule has 1 aromatic rings. The zero-order valence-electron chi connectivity index (χ0n) is 13.6. The summed E-state index contributed by atoms with van der Waals surface area (Å²) in [5.74, 6) is 1.61. The summed E-state index contributed by atoms with van der Waals surface area (Å²) in [4.78, 5) is 24.9. The summed E-state index contributed by atoms with van der Waals surface area (Å²) in [7, 11) is 4.51. The Balaban J connectivity index is 2.02. The van der Waals surface area contributed by atoms with E-state index in [2.05, 4.69) is 10.1 Å². The van der Waals surface area contributed by atoms with Crippen LogP contribution in [-0.2, 0) is 9.53 Å². The largest absolute Gasteiger partial charge is 0.497 e. The number of likely N-dealkylation sites (tertiary alicyclic amines) is 1. The van der Waals surface area contributed by atoms with Gasteiger partial charge in [-0.05, 0) is 24.6 Å². The zero-order valence-corrected chi connectivity index (χ0v) is 13.6. The van der Waals surface area contributed by atoms with E-state index < -0.39 is 6.09 Å². The van der Waals surface area contributed by atoms with Crippen molar-refractivity contribution in [3.63, 3.8) is 0 Å². The average Bonchev–Trinajstić information content (AvgIpc) is 3.08. The smallest absolute Gasteiger partial charge is 0.407 e. The number of rotatable bonds is 5. The number of amides is 2. The number of nitrogens with zero attached hydrogens (tertiary/aromatic N) is 1. The normalized spacial score (nSPS) is 16.8. The third-order valence-electron chi connectivity index (χ3n) is 3.99. The Bertz CT molecular complexity index is 576. The lowest BCUT2D eigenvalue weighted by molar-refractivity contribution is -0.129. The van der Waals surface area contributed by atoms with Gasteiger partial charge in [0.05, 0.1) is 21.3 Å². The van der Waals surface area contributed by atoms with Crippen LogP contribution in [0.5, 0.6) is 11.5 Å². The maximum absolute atomic E-state index is 12.1. The van der Waals surface area contributed by atoms with Crippen LogP contribution in [0.25, 0.3) is 0 Å². The summed E-state index contributed by atoms with van der Waals surface area (Å²) in [6, 6.07) is 5.67. The molecule has 7 heteroatoms. The molecule has 0 bridgehead atoms. The third-order valence-corrected chi connectivity index (χ3v) is 3.99. The summed E-state index contributed by atoms with van der Waals surface area (Å²) in [6.07, 6.45) is 0.233. The Morgan fingerprint density at radius 2 is 2.04 bits per heavy atom. The van der Waals surface area contributed by atoms with Gasteiger partial charge in [0.15, 0.2) is 0 Å². The summed E-state index contributed by atoms with van der Waals surface area (Å²) in [6.45, 7) is 1.17. The fourth-order valence-corrected chi connectivity index (χ4v) is 2.73. The van der Waals surface area contributed by atoms with Gasteiger partial charge in [-0.2, -0.15) is 0 Å². The van der Waals surface area contributed by atoms with Gasteiger partial charge in [-0.3, -0.25) is 4.79 Å². The molecule has 0 spiro atoms. The van der Waals surface area contributed by atoms with Crippen molar-refractivity contribution in [2.75, 3.05) is 41.0 Å². The van der Waals surface area contributed by atoms with Crippen molar-refractivity contribution < 1.29 is 23.8 Å². The number of benzene rings is 1. The van der Waals surface area contributed by atoms with Crippen LogP contribution in [0.3, 0.4) is 0 Å². The predicted molar refractivity (Wildman–Crippen MR) is 83.9 cm³/mol. The van der Waals surface area contributed by atoms with Gasteiger partial charge < -0.3 is 24.4 Å². The van der Waals surface area contributed by atoms with E-state index in [4.69, 9.17) is 9.47 Å². The van der Waals surface area contributed by atoms with Crippen LogP contribution in [0, 0.1) is 0 Å². The SMILES string of the molecule is COC(=O)NCC(=O)N1CC[C@H](c2cc(OC)ccc2OC)C1. The number of carbonyl (C=O) groups is 2. The van der Waals surface area contributed by atoms with Crippen molar-refractivity contribution in [3.8, 4) is 11.5 Å². The quantitative estimate of drug-likeness (QED) is 0.886. The van der Waals surface area contributed by atoms with Gasteiger partial charge in [0.1, 0.15) is 18.0 Å². The maximum Gasteiger partial charge on any atom is 0.407 e. The van der Waals surface area contributed by atoms with E-state index in [0.29, 0.717) is 13.1 Å². The average molecular weight is 322 g/mol. The second-order valence-corrected chi connectivity index (χ2v) is 5.28. The predicted octanol–water partition coefficient (Wildman–Crippen LogP) is 1.38. The molecule has 1 aromatic carbocycles. The molecule has 1 saturated heterocycles. The summed E-state index contributed by atoms with van der Waals surface area (Å²) < 4.78 is 15.1. The van der Waals surface area contributed by atoms with Gasteiger partial charge >= 0.3 is 6.09 Å². The van der Waals surface area contributed by atoms with Gasteiger partial charge in [0.25, 0.3) is 0 Å². The van der Waals surface area contributed by atoms with Crippen molar-refractivity contribution in [2.45, 2.75) is 12.3 Å². The van der Waals surface area contributed by atoms with E-state index >= 15 is 0 Å². The molecule has 0 aromatic heterocycles. The van der Waals surface area contributed by atoms with Crippen LogP contribution in [0.15, 0.2) is 18.2 Å². The minimum atomic E-state index is -0.608. The maximum atomic E-state index is 12.1. The Kier molecular flexibility index (Phi) is 5.67. The molecule has 0 radical (unpaired) electrons. The summed E-state index contributed by atoms with van der Waals surface area (Å²) in [5.41, 5.74) is 1.03. The van der Waals surface area contributed by atoms with Crippen molar-refractivity contribution in [3.05, 3.63) is 23.8 Å². The summed E-state index contributed by atoms with van der Waals surface area (Å²) in [5, 5.41) is 2.41. The number of alkyl carbamates (subject to hydrolysis) is 1. The first kappa shape index (κ1) is 16.9. The van der Waals surface area contributed by atoms with E-state index in [1.54, 1.807) is 19.1 Å². The highest BCUT2D eigenvalue weighted by Crippen LogP contribution is 2.35. The van der Waals surface area contributed by atoms with Crippen molar-refractivity contribution in [1.82, 2.24) is 10.2 Å². The first-order valence-corrected chi connectivity index (χ1v) is 7.40.